The molecule has 182 valence electrons. The van der Waals surface area contributed by atoms with E-state index in [0.717, 1.165) is 47.4 Å². The summed E-state index contributed by atoms with van der Waals surface area (Å²) in [6, 6.07) is 26.9. The van der Waals surface area contributed by atoms with Gasteiger partial charge in [-0.3, -0.25) is 9.59 Å². The van der Waals surface area contributed by atoms with E-state index in [0.29, 0.717) is 12.1 Å². The second-order valence-electron chi connectivity index (χ2n) is 9.62. The fraction of sp³-hybridized carbons (Fsp3) is 0.310. The summed E-state index contributed by atoms with van der Waals surface area (Å²) in [5.41, 5.74) is 7.79. The lowest BCUT2D eigenvalue weighted by atomic mass is 9.64. The number of benzene rings is 3. The van der Waals surface area contributed by atoms with E-state index in [1.54, 1.807) is 31.4 Å². The second kappa shape index (κ2) is 10.3. The average Bonchev–Trinajstić information content (AvgIpc) is 3.27. The van der Waals surface area contributed by atoms with Crippen LogP contribution in [0.1, 0.15) is 27.9 Å². The van der Waals surface area contributed by atoms with Gasteiger partial charge in [-0.15, -0.1) is 0 Å². The van der Waals surface area contributed by atoms with Crippen LogP contribution in [0.3, 0.4) is 0 Å². The van der Waals surface area contributed by atoms with Crippen molar-refractivity contribution in [2.24, 2.45) is 11.7 Å². The number of amides is 2. The second-order valence-corrected chi connectivity index (χ2v) is 9.62. The first-order chi connectivity index (χ1) is 16.9. The molecule has 6 nitrogen and oxygen atoms in total. The number of likely N-dealkylation sites (N-methyl/N-ethyl adjacent to an activating group) is 1. The highest BCUT2D eigenvalue weighted by molar-refractivity contribution is 5.94. The standard InChI is InChI=1S/C29H33N3O3/c1-32(20-18-31-27(33)22-13-15-26(35-2)16-14-22)19-17-25(21-32)29(28(30)34,23-9-5-3-6-10-23)24-11-7-4-8-12-24/h3-16,25H,17-21H2,1-2H3,(H2-,30,31,33,34)/p+1/t25-,32?/m1/s1. The van der Waals surface area contributed by atoms with E-state index < -0.39 is 5.41 Å². The van der Waals surface area contributed by atoms with E-state index in [1.807, 2.05) is 60.7 Å². The SMILES string of the molecule is COc1ccc(C(=O)NCC[N+]2(C)CC[C@@H](C(C(N)=O)(c3ccccc3)c3ccccc3)C2)cc1. The molecule has 1 aliphatic rings. The van der Waals surface area contributed by atoms with Crippen molar-refractivity contribution in [2.45, 2.75) is 11.8 Å². The molecule has 0 aromatic heterocycles. The van der Waals surface area contributed by atoms with Crippen molar-refractivity contribution < 1.29 is 18.8 Å². The average molecular weight is 473 g/mol. The number of primary amides is 1. The van der Waals surface area contributed by atoms with Crippen molar-refractivity contribution >= 4 is 11.8 Å². The van der Waals surface area contributed by atoms with Crippen LogP contribution in [0, 0.1) is 5.92 Å². The third-order valence-corrected chi connectivity index (χ3v) is 7.43. The van der Waals surface area contributed by atoms with Gasteiger partial charge in [-0.1, -0.05) is 60.7 Å². The zero-order valence-electron chi connectivity index (χ0n) is 20.4. The van der Waals surface area contributed by atoms with E-state index in [-0.39, 0.29) is 17.7 Å². The quantitative estimate of drug-likeness (QED) is 0.469. The largest absolute Gasteiger partial charge is 0.497 e. The Morgan fingerprint density at radius 1 is 0.971 bits per heavy atom. The van der Waals surface area contributed by atoms with Gasteiger partial charge in [0.25, 0.3) is 5.91 Å². The van der Waals surface area contributed by atoms with Crippen molar-refractivity contribution in [1.82, 2.24) is 5.32 Å². The fourth-order valence-electron chi connectivity index (χ4n) is 5.55. The molecule has 35 heavy (non-hydrogen) atoms. The summed E-state index contributed by atoms with van der Waals surface area (Å²) in [6.45, 7) is 3.04. The van der Waals surface area contributed by atoms with E-state index >= 15 is 0 Å². The number of rotatable bonds is 9. The molecule has 1 aliphatic heterocycles. The maximum absolute atomic E-state index is 13.3. The number of carbonyl (C=O) groups excluding carboxylic acids is 2. The summed E-state index contributed by atoms with van der Waals surface area (Å²) in [5.74, 6) is 0.348. The molecule has 3 N–H and O–H groups in total. The molecule has 1 saturated heterocycles. The Kier molecular flexibility index (Phi) is 7.22. The maximum atomic E-state index is 13.3. The third kappa shape index (κ3) is 4.93. The summed E-state index contributed by atoms with van der Waals surface area (Å²) in [6.07, 6.45) is 0.871. The number of likely N-dealkylation sites (tertiary alicyclic amines) is 1. The van der Waals surface area contributed by atoms with Gasteiger partial charge >= 0.3 is 0 Å². The highest BCUT2D eigenvalue weighted by Gasteiger charge is 2.53. The van der Waals surface area contributed by atoms with Crippen LogP contribution in [0.5, 0.6) is 5.75 Å². The lowest BCUT2D eigenvalue weighted by Crippen LogP contribution is -2.52. The lowest BCUT2D eigenvalue weighted by molar-refractivity contribution is -0.898. The number of quaternary nitrogens is 1. The van der Waals surface area contributed by atoms with E-state index in [9.17, 15) is 9.59 Å². The molecule has 0 aliphatic carbocycles. The molecule has 0 bridgehead atoms. The van der Waals surface area contributed by atoms with Gasteiger partial charge in [0.15, 0.2) is 0 Å². The number of methoxy groups -OCH3 is 1. The number of nitrogens with two attached hydrogens (primary N) is 1. The first kappa shape index (κ1) is 24.5. The van der Waals surface area contributed by atoms with E-state index in [4.69, 9.17) is 10.5 Å². The van der Waals surface area contributed by atoms with Crippen LogP contribution in [0.2, 0.25) is 0 Å². The van der Waals surface area contributed by atoms with Crippen molar-refractivity contribution in [3.63, 3.8) is 0 Å². The zero-order valence-corrected chi connectivity index (χ0v) is 20.4. The first-order valence-corrected chi connectivity index (χ1v) is 12.1. The normalized spacial score (nSPS) is 19.8. The van der Waals surface area contributed by atoms with Crippen molar-refractivity contribution in [1.29, 1.82) is 0 Å². The minimum absolute atomic E-state index is 0.0482. The maximum Gasteiger partial charge on any atom is 0.251 e. The molecule has 0 radical (unpaired) electrons. The molecule has 1 heterocycles. The fourth-order valence-corrected chi connectivity index (χ4v) is 5.55. The van der Waals surface area contributed by atoms with Crippen LogP contribution in [0.4, 0.5) is 0 Å². The Bertz CT molecular complexity index is 1110. The summed E-state index contributed by atoms with van der Waals surface area (Å²) in [7, 11) is 3.80. The molecular formula is C29H34N3O3+. The summed E-state index contributed by atoms with van der Waals surface area (Å²) < 4.78 is 5.93. The van der Waals surface area contributed by atoms with Crippen LogP contribution in [0.25, 0.3) is 0 Å². The number of nitrogens with zero attached hydrogens (tertiary/aromatic N) is 1. The molecule has 2 amide bonds. The van der Waals surface area contributed by atoms with Gasteiger partial charge in [0, 0.05) is 17.9 Å². The molecule has 0 spiro atoms. The smallest absolute Gasteiger partial charge is 0.251 e. The van der Waals surface area contributed by atoms with E-state index in [1.165, 1.54) is 0 Å². The number of carbonyl (C=O) groups is 2. The molecular weight excluding hydrogens is 438 g/mol. The van der Waals surface area contributed by atoms with Crippen LogP contribution < -0.4 is 15.8 Å². The molecule has 2 atom stereocenters. The van der Waals surface area contributed by atoms with Gasteiger partial charge < -0.3 is 20.3 Å². The Balaban J connectivity index is 1.51. The Hall–Kier alpha value is -3.64. The minimum Gasteiger partial charge on any atom is -0.497 e. The molecule has 1 fully saturated rings. The van der Waals surface area contributed by atoms with Gasteiger partial charge in [0.2, 0.25) is 5.91 Å². The topological polar surface area (TPSA) is 81.4 Å². The highest BCUT2D eigenvalue weighted by atomic mass is 16.5. The first-order valence-electron chi connectivity index (χ1n) is 12.1. The van der Waals surface area contributed by atoms with Crippen LogP contribution in [-0.2, 0) is 10.2 Å². The number of ether oxygens (including phenoxy) is 1. The minimum atomic E-state index is -0.898. The van der Waals surface area contributed by atoms with Crippen LogP contribution in [-0.4, -0.2) is 56.6 Å². The predicted octanol–water partition coefficient (Wildman–Crippen LogP) is 3.36. The van der Waals surface area contributed by atoms with Crippen molar-refractivity contribution in [2.75, 3.05) is 40.3 Å². The molecule has 1 unspecified atom stereocenters. The lowest BCUT2D eigenvalue weighted by Gasteiger charge is -2.38. The van der Waals surface area contributed by atoms with E-state index in [2.05, 4.69) is 12.4 Å². The third-order valence-electron chi connectivity index (χ3n) is 7.43. The van der Waals surface area contributed by atoms with Gasteiger partial charge in [-0.25, -0.2) is 0 Å². The van der Waals surface area contributed by atoms with Crippen molar-refractivity contribution in [3.05, 3.63) is 102 Å². The summed E-state index contributed by atoms with van der Waals surface area (Å²) in [4.78, 5) is 25.9. The Morgan fingerprint density at radius 3 is 2.06 bits per heavy atom. The Labute approximate surface area is 207 Å². The molecule has 4 rings (SSSR count). The molecule has 3 aromatic carbocycles. The number of nitrogens with one attached hydrogen (secondary N) is 1. The Morgan fingerprint density at radius 2 is 1.54 bits per heavy atom. The van der Waals surface area contributed by atoms with Gasteiger partial charge in [-0.05, 0) is 35.4 Å². The predicted molar refractivity (Wildman–Crippen MR) is 137 cm³/mol. The summed E-state index contributed by atoms with van der Waals surface area (Å²) in [5, 5.41) is 3.04. The number of hydrogen-bond donors (Lipinski definition) is 2. The highest BCUT2D eigenvalue weighted by Crippen LogP contribution is 2.44. The summed E-state index contributed by atoms with van der Waals surface area (Å²) >= 11 is 0. The molecule has 6 heteroatoms. The molecule has 0 saturated carbocycles. The van der Waals surface area contributed by atoms with Gasteiger partial charge in [0.05, 0.1) is 40.3 Å². The van der Waals surface area contributed by atoms with Crippen LogP contribution >= 0.6 is 0 Å². The monoisotopic (exact) mass is 472 g/mol. The number of hydrogen-bond acceptors (Lipinski definition) is 3. The van der Waals surface area contributed by atoms with Gasteiger partial charge in [0.1, 0.15) is 11.2 Å². The molecule has 3 aromatic rings. The van der Waals surface area contributed by atoms with Gasteiger partial charge in [-0.2, -0.15) is 0 Å². The van der Waals surface area contributed by atoms with Crippen molar-refractivity contribution in [3.8, 4) is 5.75 Å². The zero-order chi connectivity index (χ0) is 24.9. The van der Waals surface area contributed by atoms with Crippen LogP contribution in [0.15, 0.2) is 84.9 Å².